The molecule has 0 spiro atoms. The molecule has 2 rings (SSSR count). The van der Waals surface area contributed by atoms with Crippen molar-refractivity contribution in [2.45, 2.75) is 43.8 Å². The molecule has 1 aromatic rings. The second-order valence-corrected chi connectivity index (χ2v) is 7.24. The van der Waals surface area contributed by atoms with Gasteiger partial charge in [-0.2, -0.15) is 0 Å². The topological polar surface area (TPSA) is 75.6 Å². The second kappa shape index (κ2) is 6.87. The number of benzene rings is 1. The molecule has 3 atom stereocenters. The zero-order valence-corrected chi connectivity index (χ0v) is 13.3. The molecule has 118 valence electrons. The van der Waals surface area contributed by atoms with Gasteiger partial charge in [0, 0.05) is 19.1 Å². The van der Waals surface area contributed by atoms with Crippen LogP contribution in [0, 0.1) is 5.92 Å². The Balaban J connectivity index is 2.08. The average molecular weight is 313 g/mol. The first-order valence-electron chi connectivity index (χ1n) is 7.33. The lowest BCUT2D eigenvalue weighted by atomic mass is 10.0. The zero-order chi connectivity index (χ0) is 15.5. The fourth-order valence-electron chi connectivity index (χ4n) is 2.47. The maximum atomic E-state index is 12.3. The lowest BCUT2D eigenvalue weighted by Crippen LogP contribution is -2.32. The van der Waals surface area contributed by atoms with Crippen LogP contribution in [0.15, 0.2) is 29.2 Å². The number of hydrogen-bond donors (Lipinski definition) is 2. The average Bonchev–Trinajstić information content (AvgIpc) is 2.90. The van der Waals surface area contributed by atoms with E-state index in [-0.39, 0.29) is 16.9 Å². The minimum Gasteiger partial charge on any atom is -0.388 e. The first kappa shape index (κ1) is 16.4. The molecule has 1 fully saturated rings. The fraction of sp³-hybridized carbons (Fsp3) is 0.600. The molecule has 0 aromatic heterocycles. The monoisotopic (exact) mass is 313 g/mol. The van der Waals surface area contributed by atoms with Crippen molar-refractivity contribution in [2.75, 3.05) is 13.2 Å². The Bertz CT molecular complexity index is 573. The SMILES string of the molecule is CCC(O)c1cccc(S(=O)(=O)NCC2CCOC2C)c1. The van der Waals surface area contributed by atoms with E-state index in [0.717, 1.165) is 6.42 Å². The summed E-state index contributed by atoms with van der Waals surface area (Å²) in [4.78, 5) is 0.194. The summed E-state index contributed by atoms with van der Waals surface area (Å²) >= 11 is 0. The minimum absolute atomic E-state index is 0.0842. The second-order valence-electron chi connectivity index (χ2n) is 5.47. The number of sulfonamides is 1. The molecule has 0 saturated carbocycles. The highest BCUT2D eigenvalue weighted by molar-refractivity contribution is 7.89. The van der Waals surface area contributed by atoms with E-state index in [4.69, 9.17) is 4.74 Å². The summed E-state index contributed by atoms with van der Waals surface area (Å²) in [7, 11) is -3.55. The first-order valence-corrected chi connectivity index (χ1v) is 8.81. The van der Waals surface area contributed by atoms with Crippen molar-refractivity contribution in [1.82, 2.24) is 4.72 Å². The molecule has 0 aliphatic carbocycles. The van der Waals surface area contributed by atoms with Crippen LogP contribution in [0.1, 0.15) is 38.4 Å². The van der Waals surface area contributed by atoms with Crippen LogP contribution in [-0.4, -0.2) is 32.8 Å². The fourth-order valence-corrected chi connectivity index (χ4v) is 3.62. The molecule has 5 nitrogen and oxygen atoms in total. The van der Waals surface area contributed by atoms with E-state index in [9.17, 15) is 13.5 Å². The molecule has 6 heteroatoms. The number of rotatable bonds is 6. The van der Waals surface area contributed by atoms with Gasteiger partial charge in [0.1, 0.15) is 0 Å². The highest BCUT2D eigenvalue weighted by atomic mass is 32.2. The van der Waals surface area contributed by atoms with E-state index in [2.05, 4.69) is 4.72 Å². The highest BCUT2D eigenvalue weighted by Gasteiger charge is 2.26. The lowest BCUT2D eigenvalue weighted by molar-refractivity contribution is 0.107. The van der Waals surface area contributed by atoms with Crippen molar-refractivity contribution >= 4 is 10.0 Å². The van der Waals surface area contributed by atoms with Crippen molar-refractivity contribution in [3.05, 3.63) is 29.8 Å². The third kappa shape index (κ3) is 4.03. The Morgan fingerprint density at radius 1 is 1.48 bits per heavy atom. The van der Waals surface area contributed by atoms with Gasteiger partial charge in [0.15, 0.2) is 0 Å². The van der Waals surface area contributed by atoms with E-state index in [1.54, 1.807) is 18.2 Å². The van der Waals surface area contributed by atoms with Crippen LogP contribution < -0.4 is 4.72 Å². The standard InChI is InChI=1S/C15H23NO4S/c1-3-15(17)12-5-4-6-14(9-12)21(18,19)16-10-13-7-8-20-11(13)2/h4-6,9,11,13,15-17H,3,7-8,10H2,1-2H3. The molecule has 0 radical (unpaired) electrons. The Kier molecular flexibility index (Phi) is 5.37. The minimum atomic E-state index is -3.55. The number of nitrogens with one attached hydrogen (secondary N) is 1. The molecule has 21 heavy (non-hydrogen) atoms. The number of ether oxygens (including phenoxy) is 1. The van der Waals surface area contributed by atoms with Crippen molar-refractivity contribution in [1.29, 1.82) is 0 Å². The van der Waals surface area contributed by atoms with E-state index >= 15 is 0 Å². The zero-order valence-electron chi connectivity index (χ0n) is 12.5. The van der Waals surface area contributed by atoms with Crippen molar-refractivity contribution in [2.24, 2.45) is 5.92 Å². The van der Waals surface area contributed by atoms with Gasteiger partial charge in [0.25, 0.3) is 0 Å². The summed E-state index contributed by atoms with van der Waals surface area (Å²) in [5.41, 5.74) is 0.623. The van der Waals surface area contributed by atoms with Gasteiger partial charge in [0.05, 0.1) is 17.1 Å². The summed E-state index contributed by atoms with van der Waals surface area (Å²) in [6.07, 6.45) is 0.871. The van der Waals surface area contributed by atoms with Gasteiger partial charge in [-0.1, -0.05) is 19.1 Å². The summed E-state index contributed by atoms with van der Waals surface area (Å²) in [5, 5.41) is 9.82. The van der Waals surface area contributed by atoms with Crippen molar-refractivity contribution in [3.63, 3.8) is 0 Å². The van der Waals surface area contributed by atoms with Gasteiger partial charge < -0.3 is 9.84 Å². The molecule has 0 bridgehead atoms. The Labute approximate surface area is 126 Å². The molecule has 3 unspecified atom stereocenters. The van der Waals surface area contributed by atoms with Crippen LogP contribution in [0.4, 0.5) is 0 Å². The number of aliphatic hydroxyl groups excluding tert-OH is 1. The van der Waals surface area contributed by atoms with E-state index < -0.39 is 16.1 Å². The maximum absolute atomic E-state index is 12.3. The van der Waals surface area contributed by atoms with Gasteiger partial charge in [0.2, 0.25) is 10.0 Å². The van der Waals surface area contributed by atoms with Gasteiger partial charge in [-0.25, -0.2) is 13.1 Å². The quantitative estimate of drug-likeness (QED) is 0.840. The van der Waals surface area contributed by atoms with Crippen LogP contribution in [0.5, 0.6) is 0 Å². The third-order valence-electron chi connectivity index (χ3n) is 4.01. The predicted molar refractivity (Wildman–Crippen MR) is 80.4 cm³/mol. The molecule has 1 aliphatic rings. The molecule has 1 aromatic carbocycles. The van der Waals surface area contributed by atoms with E-state index in [1.165, 1.54) is 6.07 Å². The summed E-state index contributed by atoms with van der Waals surface area (Å²) < 4.78 is 32.7. The van der Waals surface area contributed by atoms with Gasteiger partial charge in [-0.05, 0) is 37.5 Å². The van der Waals surface area contributed by atoms with Crippen LogP contribution in [0.25, 0.3) is 0 Å². The van der Waals surface area contributed by atoms with E-state index in [1.807, 2.05) is 13.8 Å². The largest absolute Gasteiger partial charge is 0.388 e. The van der Waals surface area contributed by atoms with Crippen LogP contribution in [-0.2, 0) is 14.8 Å². The van der Waals surface area contributed by atoms with Gasteiger partial charge in [-0.3, -0.25) is 0 Å². The lowest BCUT2D eigenvalue weighted by Gasteiger charge is -2.15. The summed E-state index contributed by atoms with van der Waals surface area (Å²) in [6, 6.07) is 6.47. The Morgan fingerprint density at radius 3 is 2.86 bits per heavy atom. The molecule has 1 aliphatic heterocycles. The van der Waals surface area contributed by atoms with Gasteiger partial charge in [-0.15, -0.1) is 0 Å². The Morgan fingerprint density at radius 2 is 2.24 bits per heavy atom. The van der Waals surface area contributed by atoms with Crippen LogP contribution in [0.3, 0.4) is 0 Å². The molecule has 1 saturated heterocycles. The number of hydrogen-bond acceptors (Lipinski definition) is 4. The highest BCUT2D eigenvalue weighted by Crippen LogP contribution is 2.22. The smallest absolute Gasteiger partial charge is 0.240 e. The molecule has 1 heterocycles. The normalized spacial score (nSPS) is 24.1. The predicted octanol–water partition coefficient (Wildman–Crippen LogP) is 1.83. The number of aliphatic hydroxyl groups is 1. The van der Waals surface area contributed by atoms with Crippen LogP contribution in [0.2, 0.25) is 0 Å². The molecular weight excluding hydrogens is 290 g/mol. The third-order valence-corrected chi connectivity index (χ3v) is 5.43. The first-order chi connectivity index (χ1) is 9.94. The molecular formula is C15H23NO4S. The van der Waals surface area contributed by atoms with Crippen molar-refractivity contribution < 1.29 is 18.3 Å². The van der Waals surface area contributed by atoms with Gasteiger partial charge >= 0.3 is 0 Å². The van der Waals surface area contributed by atoms with Crippen LogP contribution >= 0.6 is 0 Å². The summed E-state index contributed by atoms with van der Waals surface area (Å²) in [6.45, 7) is 4.88. The molecule has 2 N–H and O–H groups in total. The molecule has 0 amide bonds. The Hall–Kier alpha value is -0.950. The van der Waals surface area contributed by atoms with Crippen molar-refractivity contribution in [3.8, 4) is 0 Å². The summed E-state index contributed by atoms with van der Waals surface area (Å²) in [5.74, 6) is 0.212. The maximum Gasteiger partial charge on any atom is 0.240 e. The van der Waals surface area contributed by atoms with E-state index in [0.29, 0.717) is 25.1 Å².